The van der Waals surface area contributed by atoms with Crippen LogP contribution >= 0.6 is 23.1 Å². The number of thiophene rings is 1. The molecule has 0 aliphatic carbocycles. The third-order valence-corrected chi connectivity index (χ3v) is 12.5. The van der Waals surface area contributed by atoms with Gasteiger partial charge >= 0.3 is 0 Å². The molecule has 5 aromatic rings. The van der Waals surface area contributed by atoms with E-state index in [4.69, 9.17) is 4.28 Å². The van der Waals surface area contributed by atoms with Crippen molar-refractivity contribution < 1.29 is 25.7 Å². The largest absolute Gasteiger partial charge is 0.334 e. The zero-order valence-electron chi connectivity index (χ0n) is 26.8. The zero-order valence-corrected chi connectivity index (χ0v) is 30.1. The first-order chi connectivity index (χ1) is 23.1. The van der Waals surface area contributed by atoms with E-state index in [0.29, 0.717) is 32.4 Å². The van der Waals surface area contributed by atoms with Gasteiger partial charge < -0.3 is 4.90 Å². The molecule has 1 aliphatic rings. The van der Waals surface area contributed by atoms with Crippen LogP contribution in [0.3, 0.4) is 0 Å². The lowest BCUT2D eigenvalue weighted by atomic mass is 9.99. The van der Waals surface area contributed by atoms with E-state index >= 15 is 0 Å². The molecule has 2 N–H and O–H groups in total. The minimum Gasteiger partial charge on any atom is -0.334 e. The monoisotopic (exact) mass is 722 g/mol. The van der Waals surface area contributed by atoms with Gasteiger partial charge in [0.25, 0.3) is 20.2 Å². The van der Waals surface area contributed by atoms with Gasteiger partial charge in [-0.25, -0.2) is 0 Å². The first kappa shape index (κ1) is 34.6. The van der Waals surface area contributed by atoms with Gasteiger partial charge in [0.05, 0.1) is 22.2 Å². The predicted molar refractivity (Wildman–Crippen MR) is 201 cm³/mol. The molecule has 8 nitrogen and oxygen atoms in total. The summed E-state index contributed by atoms with van der Waals surface area (Å²) in [4.78, 5) is 4.40. The summed E-state index contributed by atoms with van der Waals surface area (Å²) in [6.45, 7) is 4.76. The molecule has 1 aromatic heterocycles. The minimum absolute atomic E-state index is 0.117. The molecule has 2 heterocycles. The van der Waals surface area contributed by atoms with Crippen molar-refractivity contribution in [3.63, 3.8) is 0 Å². The fourth-order valence-corrected chi connectivity index (χ4v) is 9.91. The number of nitrogens with one attached hydrogen (secondary N) is 1. The number of hydrogen-bond donors (Lipinski definition) is 2. The van der Waals surface area contributed by atoms with Crippen LogP contribution in [0.5, 0.6) is 0 Å². The number of hydrogen-bond acceptors (Lipinski definition) is 9. The van der Waals surface area contributed by atoms with Crippen LogP contribution in [-0.4, -0.2) is 46.0 Å². The van der Waals surface area contributed by atoms with Gasteiger partial charge in [-0.3, -0.25) is 4.55 Å². The van der Waals surface area contributed by atoms with Gasteiger partial charge in [0.1, 0.15) is 0 Å². The second-order valence-corrected chi connectivity index (χ2v) is 17.0. The second kappa shape index (κ2) is 14.7. The minimum atomic E-state index is -4.08. The van der Waals surface area contributed by atoms with E-state index in [9.17, 15) is 21.4 Å². The molecule has 4 aromatic carbocycles. The van der Waals surface area contributed by atoms with E-state index in [2.05, 4.69) is 78.0 Å². The summed E-state index contributed by atoms with van der Waals surface area (Å²) in [6.07, 6.45) is 6.33. The summed E-state index contributed by atoms with van der Waals surface area (Å²) in [7, 11) is -7.80. The van der Waals surface area contributed by atoms with Gasteiger partial charge in [0.2, 0.25) is 0 Å². The van der Waals surface area contributed by atoms with Crippen molar-refractivity contribution in [3.05, 3.63) is 99.9 Å². The van der Waals surface area contributed by atoms with E-state index in [1.807, 2.05) is 24.3 Å². The van der Waals surface area contributed by atoms with Crippen molar-refractivity contribution in [1.82, 2.24) is 5.48 Å². The Hall–Kier alpha value is -3.23. The lowest BCUT2D eigenvalue weighted by Gasteiger charge is -2.22. The fraction of sp³-hybridized carbons (Fsp3) is 0.278. The Kier molecular flexibility index (Phi) is 10.6. The SMILES string of the molecule is CCNOS(=O)(=O)CCCN1/C(=C/C(=C/c2sc3ccc4ccccc4c3c2CCCS(=O)(=O)O)CC)Sc2ccc3ccccc3c21. The van der Waals surface area contributed by atoms with Crippen molar-refractivity contribution in [3.8, 4) is 0 Å². The number of allylic oxidation sites excluding steroid dienone is 2. The molecule has 0 atom stereocenters. The van der Waals surface area contributed by atoms with Crippen molar-refractivity contribution in [2.24, 2.45) is 0 Å². The predicted octanol–water partition coefficient (Wildman–Crippen LogP) is 8.54. The fourth-order valence-electron chi connectivity index (χ4n) is 6.11. The van der Waals surface area contributed by atoms with Crippen LogP contribution in [0, 0.1) is 0 Å². The highest BCUT2D eigenvalue weighted by molar-refractivity contribution is 8.03. The first-order valence-electron chi connectivity index (χ1n) is 16.0. The van der Waals surface area contributed by atoms with Gasteiger partial charge in [-0.1, -0.05) is 86.3 Å². The molecule has 0 saturated carbocycles. The molecule has 0 unspecified atom stereocenters. The Morgan fingerprint density at radius 2 is 1.60 bits per heavy atom. The van der Waals surface area contributed by atoms with E-state index in [1.54, 1.807) is 30.0 Å². The van der Waals surface area contributed by atoms with E-state index in [0.717, 1.165) is 69.7 Å². The second-order valence-electron chi connectivity index (χ2n) is 11.6. The summed E-state index contributed by atoms with van der Waals surface area (Å²) in [6, 6.07) is 24.9. The van der Waals surface area contributed by atoms with E-state index < -0.39 is 20.2 Å². The van der Waals surface area contributed by atoms with Gasteiger partial charge in [0, 0.05) is 38.3 Å². The summed E-state index contributed by atoms with van der Waals surface area (Å²) >= 11 is 3.36. The number of rotatable bonds is 14. The van der Waals surface area contributed by atoms with Crippen LogP contribution in [0.4, 0.5) is 5.69 Å². The number of benzene rings is 4. The van der Waals surface area contributed by atoms with Crippen molar-refractivity contribution in [2.45, 2.75) is 44.4 Å². The van der Waals surface area contributed by atoms with Crippen LogP contribution < -0.4 is 10.4 Å². The van der Waals surface area contributed by atoms with Crippen LogP contribution in [0.2, 0.25) is 0 Å². The number of hydroxylamine groups is 1. The highest BCUT2D eigenvalue weighted by atomic mass is 32.2. The molecule has 0 saturated heterocycles. The molecule has 48 heavy (non-hydrogen) atoms. The zero-order chi connectivity index (χ0) is 33.9. The maximum Gasteiger partial charge on any atom is 0.283 e. The van der Waals surface area contributed by atoms with Gasteiger partial charge in [-0.05, 0) is 77.3 Å². The van der Waals surface area contributed by atoms with Crippen LogP contribution in [0.25, 0.3) is 37.7 Å². The molecule has 0 radical (unpaired) electrons. The van der Waals surface area contributed by atoms with Crippen molar-refractivity contribution in [1.29, 1.82) is 0 Å². The quantitative estimate of drug-likeness (QED) is 0.0860. The Balaban J connectivity index is 1.40. The summed E-state index contributed by atoms with van der Waals surface area (Å²) < 4.78 is 63.6. The number of thioether (sulfide) groups is 1. The highest BCUT2D eigenvalue weighted by Gasteiger charge is 2.28. The summed E-state index contributed by atoms with van der Waals surface area (Å²) in [5.74, 6) is -0.413. The number of aryl methyl sites for hydroxylation is 1. The van der Waals surface area contributed by atoms with E-state index in [-0.39, 0.29) is 11.5 Å². The number of anilines is 1. The third kappa shape index (κ3) is 7.81. The molecular formula is C36H38N2O6S4. The molecule has 0 fully saturated rings. The van der Waals surface area contributed by atoms with Crippen LogP contribution in [0.1, 0.15) is 43.6 Å². The number of fused-ring (bicyclic) bond motifs is 6. The van der Waals surface area contributed by atoms with Gasteiger partial charge in [-0.2, -0.15) is 26.6 Å². The Bertz CT molecular complexity index is 2260. The molecule has 0 amide bonds. The summed E-state index contributed by atoms with van der Waals surface area (Å²) in [5, 5.41) is 6.60. The maximum atomic E-state index is 12.5. The molecule has 0 bridgehead atoms. The lowest BCUT2D eigenvalue weighted by molar-refractivity contribution is 0.210. The summed E-state index contributed by atoms with van der Waals surface area (Å²) in [5.41, 5.74) is 5.70. The van der Waals surface area contributed by atoms with Gasteiger partial charge in [0.15, 0.2) is 0 Å². The first-order valence-corrected chi connectivity index (χ1v) is 20.8. The van der Waals surface area contributed by atoms with Crippen molar-refractivity contribution >= 4 is 86.7 Å². The highest BCUT2D eigenvalue weighted by Crippen LogP contribution is 2.50. The Labute approximate surface area is 290 Å². The molecule has 6 rings (SSSR count). The van der Waals surface area contributed by atoms with Crippen LogP contribution in [-0.2, 0) is 30.9 Å². The molecule has 252 valence electrons. The average Bonchev–Trinajstić information content (AvgIpc) is 3.60. The standard InChI is InChI=1S/C36H38N2O6S4/c1-3-25(23-33-30(15-9-21-47(39,40)41)35-28-13-7-5-11-26(28)16-18-31(35)45-33)24-34-38(20-10-22-48(42,43)44-37-4-2)36-29-14-8-6-12-27(29)17-19-32(36)46-34/h5-8,11-14,16-19,23-24,37H,3-4,9-10,15,20-22H2,1-2H3,(H,39,40,41)/b25-23+,34-24-. The average molecular weight is 723 g/mol. The Morgan fingerprint density at radius 1 is 0.896 bits per heavy atom. The molecule has 0 spiro atoms. The van der Waals surface area contributed by atoms with E-state index in [1.165, 1.54) is 0 Å². The Morgan fingerprint density at radius 3 is 2.33 bits per heavy atom. The molecule has 12 heteroatoms. The maximum absolute atomic E-state index is 12.5. The van der Waals surface area contributed by atoms with Crippen molar-refractivity contribution in [2.75, 3.05) is 29.5 Å². The number of nitrogens with zero attached hydrogens (tertiary/aromatic N) is 1. The lowest BCUT2D eigenvalue weighted by Crippen LogP contribution is -2.25. The topological polar surface area (TPSA) is 113 Å². The third-order valence-electron chi connectivity index (χ3n) is 8.29. The smallest absolute Gasteiger partial charge is 0.283 e. The van der Waals surface area contributed by atoms with Gasteiger partial charge in [-0.15, -0.1) is 11.3 Å². The molecule has 1 aliphatic heterocycles. The van der Waals surface area contributed by atoms with Crippen LogP contribution in [0.15, 0.2) is 94.4 Å². The normalized spacial score (nSPS) is 14.9. The molecular weight excluding hydrogens is 685 g/mol.